The predicted molar refractivity (Wildman–Crippen MR) is 79.5 cm³/mol. The first-order valence-electron chi connectivity index (χ1n) is 5.54. The van der Waals surface area contributed by atoms with Crippen molar-refractivity contribution in [2.75, 3.05) is 6.54 Å². The molecule has 0 spiro atoms. The van der Waals surface area contributed by atoms with Crippen LogP contribution in [0.3, 0.4) is 0 Å². The lowest BCUT2D eigenvalue weighted by Gasteiger charge is -2.06. The summed E-state index contributed by atoms with van der Waals surface area (Å²) < 4.78 is 0. The number of carboxylic acids is 1. The van der Waals surface area contributed by atoms with Gasteiger partial charge in [-0.15, -0.1) is 0 Å². The van der Waals surface area contributed by atoms with E-state index < -0.39 is 5.97 Å². The molecule has 0 unspecified atom stereocenters. The van der Waals surface area contributed by atoms with E-state index >= 15 is 0 Å². The van der Waals surface area contributed by atoms with Crippen molar-refractivity contribution in [3.05, 3.63) is 47.5 Å². The molecule has 19 heavy (non-hydrogen) atoms. The predicted octanol–water partition coefficient (Wildman–Crippen LogP) is 1.76. The molecule has 0 aliphatic carbocycles. The summed E-state index contributed by atoms with van der Waals surface area (Å²) in [5, 5.41) is 16.1. The smallest absolute Gasteiger partial charge is 0.336 e. The van der Waals surface area contributed by atoms with Crippen molar-refractivity contribution in [2.24, 2.45) is 5.10 Å². The molecule has 1 rings (SSSR count). The molecule has 3 N–H and O–H groups in total. The number of carboxylic acid groups (broad SMARTS) is 1. The normalized spacial score (nSPS) is 10.2. The summed E-state index contributed by atoms with van der Waals surface area (Å²) >= 11 is 4.98. The highest BCUT2D eigenvalue weighted by molar-refractivity contribution is 7.80. The van der Waals surface area contributed by atoms with E-state index in [2.05, 4.69) is 22.4 Å². The van der Waals surface area contributed by atoms with Crippen LogP contribution in [0.2, 0.25) is 0 Å². The number of nitrogens with one attached hydrogen (secondary N) is 2. The van der Waals surface area contributed by atoms with Crippen LogP contribution < -0.4 is 10.7 Å². The Kier molecular flexibility index (Phi) is 5.69. The molecule has 0 saturated heterocycles. The number of nitrogens with zero attached hydrogens (tertiary/aromatic N) is 1. The lowest BCUT2D eigenvalue weighted by molar-refractivity contribution is 0.0697. The number of hydrazone groups is 1. The number of rotatable bonds is 5. The van der Waals surface area contributed by atoms with Gasteiger partial charge in [0.25, 0.3) is 0 Å². The van der Waals surface area contributed by atoms with Gasteiger partial charge in [-0.2, -0.15) is 5.10 Å². The summed E-state index contributed by atoms with van der Waals surface area (Å²) in [7, 11) is 0. The zero-order valence-electron chi connectivity index (χ0n) is 10.5. The zero-order chi connectivity index (χ0) is 14.3. The molecule has 0 radical (unpaired) electrons. The first kappa shape index (κ1) is 14.8. The third-order valence-electron chi connectivity index (χ3n) is 2.11. The van der Waals surface area contributed by atoms with E-state index in [-0.39, 0.29) is 5.56 Å². The van der Waals surface area contributed by atoms with E-state index in [0.717, 1.165) is 5.57 Å². The van der Waals surface area contributed by atoms with Crippen molar-refractivity contribution < 1.29 is 9.90 Å². The maximum Gasteiger partial charge on any atom is 0.336 e. The second kappa shape index (κ2) is 7.27. The Balaban J connectivity index is 2.60. The van der Waals surface area contributed by atoms with Crippen LogP contribution in [-0.4, -0.2) is 28.9 Å². The third-order valence-corrected chi connectivity index (χ3v) is 2.35. The van der Waals surface area contributed by atoms with E-state index in [9.17, 15) is 4.79 Å². The molecule has 0 aliphatic heterocycles. The number of hydrogen-bond acceptors (Lipinski definition) is 3. The molecule has 0 aliphatic rings. The Hall–Kier alpha value is -2.21. The van der Waals surface area contributed by atoms with Crippen LogP contribution in [0.15, 0.2) is 41.5 Å². The van der Waals surface area contributed by atoms with Crippen LogP contribution in [-0.2, 0) is 0 Å². The SMILES string of the molecule is C=C(C)CNC(=S)N/N=C\c1ccccc1C(=O)O. The van der Waals surface area contributed by atoms with Gasteiger partial charge >= 0.3 is 5.97 Å². The second-order valence-corrected chi connectivity index (χ2v) is 4.31. The minimum atomic E-state index is -0.995. The highest BCUT2D eigenvalue weighted by atomic mass is 32.1. The van der Waals surface area contributed by atoms with Crippen LogP contribution in [0.1, 0.15) is 22.8 Å². The average molecular weight is 277 g/mol. The highest BCUT2D eigenvalue weighted by Gasteiger charge is 2.06. The molecular formula is C13H15N3O2S. The summed E-state index contributed by atoms with van der Waals surface area (Å²) in [5.41, 5.74) is 4.25. The van der Waals surface area contributed by atoms with E-state index in [1.807, 2.05) is 6.92 Å². The lowest BCUT2D eigenvalue weighted by Crippen LogP contribution is -2.32. The lowest BCUT2D eigenvalue weighted by atomic mass is 10.1. The second-order valence-electron chi connectivity index (χ2n) is 3.90. The Bertz CT molecular complexity index is 526. The molecule has 1 aromatic rings. The van der Waals surface area contributed by atoms with Crippen molar-refractivity contribution in [3.8, 4) is 0 Å². The monoisotopic (exact) mass is 277 g/mol. The molecule has 0 aromatic heterocycles. The van der Waals surface area contributed by atoms with Gasteiger partial charge in [-0.1, -0.05) is 30.4 Å². The summed E-state index contributed by atoms with van der Waals surface area (Å²) in [4.78, 5) is 11.0. The van der Waals surface area contributed by atoms with Gasteiger partial charge in [-0.3, -0.25) is 5.43 Å². The average Bonchev–Trinajstić information content (AvgIpc) is 2.36. The first-order valence-corrected chi connectivity index (χ1v) is 5.95. The van der Waals surface area contributed by atoms with Crippen molar-refractivity contribution in [2.45, 2.75) is 6.92 Å². The molecule has 5 nitrogen and oxygen atoms in total. The Morgan fingerprint density at radius 3 is 2.84 bits per heavy atom. The van der Waals surface area contributed by atoms with Gasteiger partial charge in [0, 0.05) is 12.1 Å². The largest absolute Gasteiger partial charge is 0.478 e. The summed E-state index contributed by atoms with van der Waals surface area (Å²) in [6.45, 7) is 6.17. The Morgan fingerprint density at radius 1 is 1.53 bits per heavy atom. The quantitative estimate of drug-likeness (QED) is 0.331. The fourth-order valence-corrected chi connectivity index (χ4v) is 1.36. The van der Waals surface area contributed by atoms with E-state index in [4.69, 9.17) is 17.3 Å². The molecule has 0 atom stereocenters. The Morgan fingerprint density at radius 2 is 2.21 bits per heavy atom. The first-order chi connectivity index (χ1) is 9.00. The fraction of sp³-hybridized carbons (Fsp3) is 0.154. The van der Waals surface area contributed by atoms with Gasteiger partial charge < -0.3 is 10.4 Å². The van der Waals surface area contributed by atoms with E-state index in [1.54, 1.807) is 18.2 Å². The molecule has 0 saturated carbocycles. The molecule has 0 heterocycles. The number of benzene rings is 1. The molecular weight excluding hydrogens is 262 g/mol. The van der Waals surface area contributed by atoms with Crippen molar-refractivity contribution in [1.82, 2.24) is 10.7 Å². The minimum Gasteiger partial charge on any atom is -0.478 e. The Labute approximate surface area is 117 Å². The fourth-order valence-electron chi connectivity index (χ4n) is 1.24. The number of aromatic carboxylic acids is 1. The standard InChI is InChI=1S/C13H15N3O2S/c1-9(2)7-14-13(19)16-15-8-10-5-3-4-6-11(10)12(17)18/h3-6,8H,1,7H2,2H3,(H,17,18)(H2,14,16,19)/b15-8-. The van der Waals surface area contributed by atoms with Crippen LogP contribution in [0.5, 0.6) is 0 Å². The van der Waals surface area contributed by atoms with Gasteiger partial charge in [0.05, 0.1) is 11.8 Å². The van der Waals surface area contributed by atoms with Crippen molar-refractivity contribution >= 4 is 29.5 Å². The number of carbonyl (C=O) groups is 1. The van der Waals surface area contributed by atoms with Gasteiger partial charge in [0.1, 0.15) is 0 Å². The van der Waals surface area contributed by atoms with Crippen molar-refractivity contribution in [3.63, 3.8) is 0 Å². The molecule has 0 amide bonds. The number of hydrogen-bond donors (Lipinski definition) is 3. The third kappa shape index (κ3) is 5.31. The van der Waals surface area contributed by atoms with Gasteiger partial charge in [-0.05, 0) is 25.2 Å². The van der Waals surface area contributed by atoms with Crippen molar-refractivity contribution in [1.29, 1.82) is 0 Å². The van der Waals surface area contributed by atoms with Crippen LogP contribution in [0.25, 0.3) is 0 Å². The highest BCUT2D eigenvalue weighted by Crippen LogP contribution is 2.05. The molecule has 0 fully saturated rings. The molecule has 0 bridgehead atoms. The topological polar surface area (TPSA) is 73.7 Å². The van der Waals surface area contributed by atoms with Crippen LogP contribution in [0, 0.1) is 0 Å². The number of thiocarbonyl (C=S) groups is 1. The maximum absolute atomic E-state index is 11.0. The molecule has 6 heteroatoms. The van der Waals surface area contributed by atoms with Crippen LogP contribution in [0.4, 0.5) is 0 Å². The summed E-state index contributed by atoms with van der Waals surface area (Å²) in [6.07, 6.45) is 1.41. The van der Waals surface area contributed by atoms with E-state index in [0.29, 0.717) is 17.2 Å². The van der Waals surface area contributed by atoms with Crippen LogP contribution >= 0.6 is 12.2 Å². The van der Waals surface area contributed by atoms with Gasteiger partial charge in [0.2, 0.25) is 0 Å². The maximum atomic E-state index is 11.0. The minimum absolute atomic E-state index is 0.189. The summed E-state index contributed by atoms with van der Waals surface area (Å²) in [5.74, 6) is -0.995. The zero-order valence-corrected chi connectivity index (χ0v) is 11.3. The molecule has 1 aromatic carbocycles. The molecule has 100 valence electrons. The van der Waals surface area contributed by atoms with Gasteiger partial charge in [0.15, 0.2) is 5.11 Å². The summed E-state index contributed by atoms with van der Waals surface area (Å²) in [6, 6.07) is 6.58. The van der Waals surface area contributed by atoms with Gasteiger partial charge in [-0.25, -0.2) is 4.79 Å². The van der Waals surface area contributed by atoms with E-state index in [1.165, 1.54) is 12.3 Å².